The number of nitrogens with one attached hydrogen (secondary N) is 1. The Kier molecular flexibility index (Phi) is 4.87. The monoisotopic (exact) mass is 356 g/mol. The summed E-state index contributed by atoms with van der Waals surface area (Å²) in [4.78, 5) is 6.46. The molecule has 0 unspecified atom stereocenters. The van der Waals surface area contributed by atoms with E-state index in [1.807, 2.05) is 43.3 Å². The summed E-state index contributed by atoms with van der Waals surface area (Å²) in [6.07, 6.45) is 1.66. The summed E-state index contributed by atoms with van der Waals surface area (Å²) < 4.78 is 27.2. The van der Waals surface area contributed by atoms with Crippen molar-refractivity contribution in [1.82, 2.24) is 4.98 Å². The average Bonchev–Trinajstić information content (AvgIpc) is 2.58. The van der Waals surface area contributed by atoms with Gasteiger partial charge in [0.05, 0.1) is 4.90 Å². The Morgan fingerprint density at radius 2 is 1.58 bits per heavy atom. The van der Waals surface area contributed by atoms with E-state index in [9.17, 15) is 8.42 Å². The number of hydrogen-bond donors (Lipinski definition) is 1. The number of benzene rings is 2. The van der Waals surface area contributed by atoms with Gasteiger partial charge in [0, 0.05) is 16.0 Å². The summed E-state index contributed by atoms with van der Waals surface area (Å²) in [5.41, 5.74) is 1.01. The highest BCUT2D eigenvalue weighted by Crippen LogP contribution is 2.27. The molecule has 24 heavy (non-hydrogen) atoms. The van der Waals surface area contributed by atoms with Crippen molar-refractivity contribution in [3.05, 3.63) is 78.5 Å². The molecule has 2 aromatic carbocycles. The molecule has 0 spiro atoms. The topological polar surface area (TPSA) is 59.1 Å². The number of sulfonamides is 1. The fraction of sp³-hybridized carbons (Fsp3) is 0.0556. The highest BCUT2D eigenvalue weighted by Gasteiger charge is 2.14. The lowest BCUT2D eigenvalue weighted by Gasteiger charge is -2.08. The summed E-state index contributed by atoms with van der Waals surface area (Å²) in [6, 6.07) is 20.1. The minimum absolute atomic E-state index is 0.220. The van der Waals surface area contributed by atoms with Crippen LogP contribution in [0.3, 0.4) is 0 Å². The second-order valence-electron chi connectivity index (χ2n) is 5.21. The molecule has 0 fully saturated rings. The maximum Gasteiger partial charge on any atom is 0.263 e. The molecule has 3 rings (SSSR count). The third-order valence-electron chi connectivity index (χ3n) is 3.29. The van der Waals surface area contributed by atoms with Crippen LogP contribution in [0.15, 0.2) is 87.6 Å². The standard InChI is InChI=1S/C18H16N2O2S2/c1-14-7-10-17(11-8-14)24(21,22)20-18-12-9-16(13-19-18)23-15-5-3-2-4-6-15/h2-13H,1H3,(H,19,20). The number of hydrogen-bond acceptors (Lipinski definition) is 4. The van der Waals surface area contributed by atoms with E-state index in [2.05, 4.69) is 9.71 Å². The van der Waals surface area contributed by atoms with Crippen LogP contribution in [0.5, 0.6) is 0 Å². The van der Waals surface area contributed by atoms with E-state index in [1.54, 1.807) is 48.3 Å². The van der Waals surface area contributed by atoms with E-state index in [4.69, 9.17) is 0 Å². The van der Waals surface area contributed by atoms with E-state index in [-0.39, 0.29) is 4.90 Å². The molecule has 0 aliphatic heterocycles. The second-order valence-corrected chi connectivity index (χ2v) is 8.04. The number of pyridine rings is 1. The van der Waals surface area contributed by atoms with Crippen LogP contribution in [-0.2, 0) is 10.0 Å². The van der Waals surface area contributed by atoms with E-state index in [0.717, 1.165) is 15.4 Å². The fourth-order valence-electron chi connectivity index (χ4n) is 2.04. The van der Waals surface area contributed by atoms with Crippen molar-refractivity contribution >= 4 is 27.6 Å². The van der Waals surface area contributed by atoms with E-state index < -0.39 is 10.0 Å². The third kappa shape index (κ3) is 4.15. The first kappa shape index (κ1) is 16.5. The van der Waals surface area contributed by atoms with Crippen molar-refractivity contribution in [3.8, 4) is 0 Å². The lowest BCUT2D eigenvalue weighted by molar-refractivity contribution is 0.601. The Hall–Kier alpha value is -2.31. The molecule has 0 saturated heterocycles. The quantitative estimate of drug-likeness (QED) is 0.739. The van der Waals surface area contributed by atoms with Crippen molar-refractivity contribution in [1.29, 1.82) is 0 Å². The molecular weight excluding hydrogens is 340 g/mol. The van der Waals surface area contributed by atoms with Crippen molar-refractivity contribution < 1.29 is 8.42 Å². The Balaban J connectivity index is 1.73. The number of anilines is 1. The van der Waals surface area contributed by atoms with Crippen LogP contribution in [0.25, 0.3) is 0 Å². The van der Waals surface area contributed by atoms with Crippen molar-refractivity contribution in [3.63, 3.8) is 0 Å². The van der Waals surface area contributed by atoms with Crippen molar-refractivity contribution in [2.24, 2.45) is 0 Å². The van der Waals surface area contributed by atoms with Gasteiger partial charge in [-0.2, -0.15) is 0 Å². The Morgan fingerprint density at radius 1 is 0.875 bits per heavy atom. The zero-order valence-electron chi connectivity index (χ0n) is 13.0. The second kappa shape index (κ2) is 7.07. The van der Waals surface area contributed by atoms with Gasteiger partial charge in [0.15, 0.2) is 0 Å². The Morgan fingerprint density at radius 3 is 2.21 bits per heavy atom. The largest absolute Gasteiger partial charge is 0.263 e. The van der Waals surface area contributed by atoms with Gasteiger partial charge < -0.3 is 0 Å². The highest BCUT2D eigenvalue weighted by molar-refractivity contribution is 7.99. The minimum atomic E-state index is -3.62. The van der Waals surface area contributed by atoms with Crippen LogP contribution >= 0.6 is 11.8 Å². The maximum absolute atomic E-state index is 12.3. The molecular formula is C18H16N2O2S2. The van der Waals surface area contributed by atoms with Gasteiger partial charge in [-0.05, 0) is 43.3 Å². The lowest BCUT2D eigenvalue weighted by Crippen LogP contribution is -2.13. The van der Waals surface area contributed by atoms with Crippen LogP contribution in [0.1, 0.15) is 5.56 Å². The summed E-state index contributed by atoms with van der Waals surface area (Å²) in [5.74, 6) is 0.299. The molecule has 0 saturated carbocycles. The van der Waals surface area contributed by atoms with Gasteiger partial charge in [-0.1, -0.05) is 47.7 Å². The molecule has 0 aliphatic carbocycles. The van der Waals surface area contributed by atoms with Gasteiger partial charge in [-0.25, -0.2) is 13.4 Å². The van der Waals surface area contributed by atoms with Gasteiger partial charge in [-0.15, -0.1) is 0 Å². The van der Waals surface area contributed by atoms with Gasteiger partial charge in [0.1, 0.15) is 5.82 Å². The summed E-state index contributed by atoms with van der Waals surface area (Å²) in [5, 5.41) is 0. The molecule has 4 nitrogen and oxygen atoms in total. The molecule has 1 N–H and O–H groups in total. The molecule has 0 radical (unpaired) electrons. The zero-order chi connectivity index (χ0) is 17.0. The first-order chi connectivity index (χ1) is 11.5. The Labute approximate surface area is 146 Å². The number of nitrogens with zero attached hydrogens (tertiary/aromatic N) is 1. The van der Waals surface area contributed by atoms with Crippen LogP contribution < -0.4 is 4.72 Å². The SMILES string of the molecule is Cc1ccc(S(=O)(=O)Nc2ccc(Sc3ccccc3)cn2)cc1. The molecule has 1 aromatic heterocycles. The molecule has 0 atom stereocenters. The molecule has 0 aliphatic rings. The maximum atomic E-state index is 12.3. The van der Waals surface area contributed by atoms with Gasteiger partial charge in [0.2, 0.25) is 0 Å². The normalized spacial score (nSPS) is 11.2. The summed E-state index contributed by atoms with van der Waals surface area (Å²) in [7, 11) is -3.62. The number of aryl methyl sites for hydroxylation is 1. The molecule has 0 amide bonds. The smallest absolute Gasteiger partial charge is 0.263 e. The highest BCUT2D eigenvalue weighted by atomic mass is 32.2. The molecule has 0 bridgehead atoms. The Bertz CT molecular complexity index is 907. The van der Waals surface area contributed by atoms with Gasteiger partial charge >= 0.3 is 0 Å². The van der Waals surface area contributed by atoms with Crippen LogP contribution in [0.2, 0.25) is 0 Å². The van der Waals surface area contributed by atoms with E-state index >= 15 is 0 Å². The molecule has 1 heterocycles. The van der Waals surface area contributed by atoms with Crippen LogP contribution in [0.4, 0.5) is 5.82 Å². The van der Waals surface area contributed by atoms with E-state index in [0.29, 0.717) is 5.82 Å². The van der Waals surface area contributed by atoms with Crippen LogP contribution in [-0.4, -0.2) is 13.4 Å². The minimum Gasteiger partial charge on any atom is -0.263 e. The number of rotatable bonds is 5. The fourth-order valence-corrected chi connectivity index (χ4v) is 3.85. The molecule has 3 aromatic rings. The number of aromatic nitrogens is 1. The third-order valence-corrected chi connectivity index (χ3v) is 5.64. The summed E-state index contributed by atoms with van der Waals surface area (Å²) in [6.45, 7) is 1.91. The van der Waals surface area contributed by atoms with Gasteiger partial charge in [0.25, 0.3) is 10.0 Å². The zero-order valence-corrected chi connectivity index (χ0v) is 14.6. The predicted octanol–water partition coefficient (Wildman–Crippen LogP) is 4.34. The van der Waals surface area contributed by atoms with Crippen molar-refractivity contribution in [2.45, 2.75) is 21.6 Å². The average molecular weight is 356 g/mol. The predicted molar refractivity (Wildman–Crippen MR) is 96.8 cm³/mol. The van der Waals surface area contributed by atoms with E-state index in [1.165, 1.54) is 0 Å². The van der Waals surface area contributed by atoms with Crippen LogP contribution in [0, 0.1) is 6.92 Å². The lowest BCUT2D eigenvalue weighted by atomic mass is 10.2. The summed E-state index contributed by atoms with van der Waals surface area (Å²) >= 11 is 1.57. The first-order valence-electron chi connectivity index (χ1n) is 7.31. The molecule has 122 valence electrons. The van der Waals surface area contributed by atoms with Crippen molar-refractivity contribution in [2.75, 3.05) is 4.72 Å². The molecule has 6 heteroatoms. The van der Waals surface area contributed by atoms with Gasteiger partial charge in [-0.3, -0.25) is 4.72 Å². The first-order valence-corrected chi connectivity index (χ1v) is 9.61.